The van der Waals surface area contributed by atoms with Crippen LogP contribution in [0.5, 0.6) is 0 Å². The Morgan fingerprint density at radius 1 is 0.880 bits per heavy atom. The monoisotopic (exact) mass is 346 g/mol. The number of aromatic nitrogens is 4. The number of para-hydroxylation sites is 3. The maximum atomic E-state index is 12.9. The van der Waals surface area contributed by atoms with Crippen LogP contribution in [0.2, 0.25) is 0 Å². The largest absolute Gasteiger partial charge is 0.333 e. The fourth-order valence-corrected chi connectivity index (χ4v) is 3.92. The Hall–Kier alpha value is -3.32. The number of nitrogens with one attached hydrogen (secondary N) is 1. The third-order valence-corrected chi connectivity index (χ3v) is 5.11. The van der Waals surface area contributed by atoms with Crippen molar-refractivity contribution in [3.63, 3.8) is 0 Å². The van der Waals surface area contributed by atoms with Gasteiger partial charge in [-0.15, -0.1) is 11.3 Å². The number of H-pyrrole nitrogens is 1. The number of rotatable bonds is 1. The number of fused-ring (bicyclic) bond motifs is 4. The van der Waals surface area contributed by atoms with E-state index in [4.69, 9.17) is 0 Å². The number of nitrogens with zero attached hydrogens (tertiary/aromatic N) is 3. The number of thiophene rings is 1. The first-order chi connectivity index (χ1) is 12.2. The van der Waals surface area contributed by atoms with Crippen LogP contribution in [-0.2, 0) is 0 Å². The maximum absolute atomic E-state index is 12.9. The molecule has 7 heteroatoms. The minimum absolute atomic E-state index is 0.362. The molecule has 0 amide bonds. The zero-order chi connectivity index (χ0) is 17.0. The topological polar surface area (TPSA) is 80.6 Å². The van der Waals surface area contributed by atoms with E-state index < -0.39 is 5.69 Å². The van der Waals surface area contributed by atoms with Crippen LogP contribution in [0.3, 0.4) is 0 Å². The molecule has 120 valence electrons. The summed E-state index contributed by atoms with van der Waals surface area (Å²) in [5, 5.41) is 0. The highest BCUT2D eigenvalue weighted by atomic mass is 32.1. The standard InChI is InChI=1S/C18H10N4O2S/c23-17-15-13(21-18(24)22(17)10-6-2-1-3-7-10)14-16(25-15)20-12-9-5-4-8-11(12)19-14/h1-9H,(H,21,24). The van der Waals surface area contributed by atoms with Crippen LogP contribution in [0.15, 0.2) is 64.2 Å². The molecule has 0 radical (unpaired) electrons. The van der Waals surface area contributed by atoms with Crippen molar-refractivity contribution in [1.82, 2.24) is 19.5 Å². The van der Waals surface area contributed by atoms with Gasteiger partial charge in [-0.1, -0.05) is 30.3 Å². The molecule has 6 nitrogen and oxygen atoms in total. The molecule has 2 aromatic carbocycles. The normalized spacial score (nSPS) is 11.5. The van der Waals surface area contributed by atoms with Gasteiger partial charge in [-0.05, 0) is 24.3 Å². The molecule has 3 aromatic heterocycles. The second-order valence-electron chi connectivity index (χ2n) is 5.58. The predicted octanol–water partition coefficient (Wildman–Crippen LogP) is 2.84. The lowest BCUT2D eigenvalue weighted by Crippen LogP contribution is -2.32. The first kappa shape index (κ1) is 14.1. The lowest BCUT2D eigenvalue weighted by Gasteiger charge is -2.03. The molecular weight excluding hydrogens is 336 g/mol. The SMILES string of the molecule is O=c1[nH]c2c(sc3nc4ccccc4nc32)c(=O)n1-c1ccccc1. The molecule has 0 aliphatic carbocycles. The van der Waals surface area contributed by atoms with E-state index in [0.29, 0.717) is 26.3 Å². The van der Waals surface area contributed by atoms with Crippen molar-refractivity contribution in [3.05, 3.63) is 75.4 Å². The minimum Gasteiger partial charge on any atom is -0.304 e. The predicted molar refractivity (Wildman–Crippen MR) is 98.6 cm³/mol. The molecule has 25 heavy (non-hydrogen) atoms. The minimum atomic E-state index is -0.488. The fourth-order valence-electron chi connectivity index (χ4n) is 2.91. The fraction of sp³-hybridized carbons (Fsp3) is 0. The van der Waals surface area contributed by atoms with Crippen LogP contribution in [-0.4, -0.2) is 19.5 Å². The molecule has 0 unspecified atom stereocenters. The summed E-state index contributed by atoms with van der Waals surface area (Å²) in [7, 11) is 0. The van der Waals surface area contributed by atoms with Crippen molar-refractivity contribution in [2.24, 2.45) is 0 Å². The number of hydrogen-bond donors (Lipinski definition) is 1. The van der Waals surface area contributed by atoms with Crippen LogP contribution in [0.4, 0.5) is 0 Å². The second kappa shape index (κ2) is 5.09. The Morgan fingerprint density at radius 3 is 2.32 bits per heavy atom. The smallest absolute Gasteiger partial charge is 0.304 e. The maximum Gasteiger partial charge on any atom is 0.333 e. The third kappa shape index (κ3) is 2.03. The van der Waals surface area contributed by atoms with Crippen LogP contribution >= 0.6 is 11.3 Å². The van der Waals surface area contributed by atoms with Gasteiger partial charge in [0.2, 0.25) is 0 Å². The Morgan fingerprint density at radius 2 is 1.56 bits per heavy atom. The first-order valence-corrected chi connectivity index (χ1v) is 8.44. The van der Waals surface area contributed by atoms with Crippen molar-refractivity contribution >= 4 is 42.9 Å². The molecule has 0 atom stereocenters. The average molecular weight is 346 g/mol. The summed E-state index contributed by atoms with van der Waals surface area (Å²) in [4.78, 5) is 38.0. The zero-order valence-electron chi connectivity index (χ0n) is 12.8. The van der Waals surface area contributed by atoms with Gasteiger partial charge >= 0.3 is 5.69 Å². The number of hydrogen-bond acceptors (Lipinski definition) is 5. The molecule has 0 fully saturated rings. The van der Waals surface area contributed by atoms with E-state index in [0.717, 1.165) is 15.6 Å². The van der Waals surface area contributed by atoms with E-state index in [-0.39, 0.29) is 5.56 Å². The summed E-state index contributed by atoms with van der Waals surface area (Å²) >= 11 is 1.24. The summed E-state index contributed by atoms with van der Waals surface area (Å²) in [6, 6.07) is 16.3. The Balaban J connectivity index is 1.93. The van der Waals surface area contributed by atoms with Crippen molar-refractivity contribution < 1.29 is 0 Å². The summed E-state index contributed by atoms with van der Waals surface area (Å²) in [6.45, 7) is 0. The highest BCUT2D eigenvalue weighted by molar-refractivity contribution is 7.25. The number of aromatic amines is 1. The molecule has 1 N–H and O–H groups in total. The summed E-state index contributed by atoms with van der Waals surface area (Å²) in [6.07, 6.45) is 0. The molecule has 0 aliphatic rings. The molecule has 5 aromatic rings. The van der Waals surface area contributed by atoms with E-state index in [1.54, 1.807) is 24.3 Å². The van der Waals surface area contributed by atoms with Gasteiger partial charge in [-0.25, -0.2) is 19.3 Å². The van der Waals surface area contributed by atoms with Gasteiger partial charge < -0.3 is 4.98 Å². The van der Waals surface area contributed by atoms with E-state index in [1.807, 2.05) is 30.3 Å². The van der Waals surface area contributed by atoms with E-state index in [9.17, 15) is 9.59 Å². The van der Waals surface area contributed by atoms with Crippen LogP contribution < -0.4 is 11.2 Å². The first-order valence-electron chi connectivity index (χ1n) is 7.62. The van der Waals surface area contributed by atoms with E-state index in [2.05, 4.69) is 15.0 Å². The van der Waals surface area contributed by atoms with E-state index in [1.165, 1.54) is 11.3 Å². The molecule has 5 rings (SSSR count). The van der Waals surface area contributed by atoms with Gasteiger partial charge in [-0.3, -0.25) is 4.79 Å². The molecule has 0 saturated heterocycles. The van der Waals surface area contributed by atoms with Crippen LogP contribution in [0.1, 0.15) is 0 Å². The summed E-state index contributed by atoms with van der Waals surface area (Å²) in [5.41, 5.74) is 2.15. The van der Waals surface area contributed by atoms with Gasteiger partial charge in [0.1, 0.15) is 15.0 Å². The lowest BCUT2D eigenvalue weighted by molar-refractivity contribution is 0.905. The van der Waals surface area contributed by atoms with Crippen LogP contribution in [0, 0.1) is 0 Å². The second-order valence-corrected chi connectivity index (χ2v) is 6.58. The van der Waals surface area contributed by atoms with Crippen molar-refractivity contribution in [1.29, 1.82) is 0 Å². The quantitative estimate of drug-likeness (QED) is 0.506. The van der Waals surface area contributed by atoms with E-state index >= 15 is 0 Å². The molecule has 0 spiro atoms. The Labute approximate surface area is 144 Å². The van der Waals surface area contributed by atoms with Gasteiger partial charge in [-0.2, -0.15) is 0 Å². The van der Waals surface area contributed by atoms with Crippen molar-refractivity contribution in [3.8, 4) is 5.69 Å². The van der Waals surface area contributed by atoms with Gasteiger partial charge in [0.05, 0.1) is 22.2 Å². The number of benzene rings is 2. The lowest BCUT2D eigenvalue weighted by atomic mass is 10.3. The Kier molecular flexibility index (Phi) is 2.86. The molecule has 3 heterocycles. The van der Waals surface area contributed by atoms with Crippen LogP contribution in [0.25, 0.3) is 37.3 Å². The molecule has 0 bridgehead atoms. The van der Waals surface area contributed by atoms with Gasteiger partial charge in [0.25, 0.3) is 5.56 Å². The average Bonchev–Trinajstić information content (AvgIpc) is 2.98. The van der Waals surface area contributed by atoms with Crippen molar-refractivity contribution in [2.75, 3.05) is 0 Å². The Bertz CT molecular complexity index is 1380. The highest BCUT2D eigenvalue weighted by Crippen LogP contribution is 2.28. The third-order valence-electron chi connectivity index (χ3n) is 4.05. The molecule has 0 saturated carbocycles. The summed E-state index contributed by atoms with van der Waals surface area (Å²) < 4.78 is 1.58. The highest BCUT2D eigenvalue weighted by Gasteiger charge is 2.16. The zero-order valence-corrected chi connectivity index (χ0v) is 13.6. The van der Waals surface area contributed by atoms with Gasteiger partial charge in [0, 0.05) is 0 Å². The molecular formula is C18H10N4O2S. The van der Waals surface area contributed by atoms with Crippen molar-refractivity contribution in [2.45, 2.75) is 0 Å². The molecule has 0 aliphatic heterocycles. The summed E-state index contributed by atoms with van der Waals surface area (Å²) in [5.74, 6) is 0. The van der Waals surface area contributed by atoms with Gasteiger partial charge in [0.15, 0.2) is 0 Å².